The van der Waals surface area contributed by atoms with Crippen molar-refractivity contribution in [3.63, 3.8) is 0 Å². The molecule has 1 N–H and O–H groups in total. The SMILES string of the molecule is Cn1c(O)c(C(=O)C=Cc2ccc3c(c2)OCO3)c(=O)n(C)c1=O. The summed E-state index contributed by atoms with van der Waals surface area (Å²) >= 11 is 0. The molecule has 0 radical (unpaired) electrons. The van der Waals surface area contributed by atoms with Gasteiger partial charge in [0, 0.05) is 14.1 Å². The minimum absolute atomic E-state index is 0.142. The van der Waals surface area contributed by atoms with Crippen molar-refractivity contribution in [2.45, 2.75) is 0 Å². The van der Waals surface area contributed by atoms with Gasteiger partial charge in [0.2, 0.25) is 12.7 Å². The third-order valence-corrected chi connectivity index (χ3v) is 3.70. The fourth-order valence-electron chi connectivity index (χ4n) is 2.32. The van der Waals surface area contributed by atoms with Gasteiger partial charge in [0.25, 0.3) is 5.56 Å². The molecule has 8 heteroatoms. The number of aromatic hydroxyl groups is 1. The van der Waals surface area contributed by atoms with Crippen LogP contribution in [0.5, 0.6) is 17.4 Å². The number of fused-ring (bicyclic) bond motifs is 1. The van der Waals surface area contributed by atoms with Gasteiger partial charge in [-0.25, -0.2) is 4.79 Å². The Balaban J connectivity index is 1.96. The molecule has 124 valence electrons. The number of allylic oxidation sites excluding steroid dienone is 1. The van der Waals surface area contributed by atoms with Crippen LogP contribution in [-0.2, 0) is 14.1 Å². The second-order valence-corrected chi connectivity index (χ2v) is 5.21. The monoisotopic (exact) mass is 330 g/mol. The lowest BCUT2D eigenvalue weighted by molar-refractivity contribution is 0.104. The van der Waals surface area contributed by atoms with Gasteiger partial charge in [0.05, 0.1) is 0 Å². The molecule has 0 unspecified atom stereocenters. The predicted molar refractivity (Wildman–Crippen MR) is 84.5 cm³/mol. The molecule has 3 rings (SSSR count). The standard InChI is InChI=1S/C16H14N2O6/c1-17-14(20)13(15(21)18(2)16(17)22)10(19)5-3-9-4-6-11-12(7-9)24-8-23-11/h3-7,20H,8H2,1-2H3. The summed E-state index contributed by atoms with van der Waals surface area (Å²) in [6, 6.07) is 5.11. The van der Waals surface area contributed by atoms with E-state index in [-0.39, 0.29) is 6.79 Å². The molecule has 1 aliphatic rings. The Kier molecular flexibility index (Phi) is 3.72. The fraction of sp³-hybridized carbons (Fsp3) is 0.188. The molecule has 2 heterocycles. The van der Waals surface area contributed by atoms with Crippen molar-refractivity contribution in [3.8, 4) is 17.4 Å². The molecule has 0 saturated carbocycles. The topological polar surface area (TPSA) is 99.8 Å². The van der Waals surface area contributed by atoms with E-state index in [1.165, 1.54) is 20.2 Å². The molecule has 1 aliphatic heterocycles. The third kappa shape index (κ3) is 2.47. The van der Waals surface area contributed by atoms with Crippen LogP contribution in [-0.4, -0.2) is 26.8 Å². The summed E-state index contributed by atoms with van der Waals surface area (Å²) in [5.41, 5.74) is -1.37. The van der Waals surface area contributed by atoms with Crippen LogP contribution < -0.4 is 20.7 Å². The summed E-state index contributed by atoms with van der Waals surface area (Å²) in [6.07, 6.45) is 2.63. The Morgan fingerprint density at radius 3 is 2.62 bits per heavy atom. The summed E-state index contributed by atoms with van der Waals surface area (Å²) in [5.74, 6) is -0.196. The molecular weight excluding hydrogens is 316 g/mol. The zero-order valence-corrected chi connectivity index (χ0v) is 13.0. The van der Waals surface area contributed by atoms with Gasteiger partial charge in [0.15, 0.2) is 17.3 Å². The summed E-state index contributed by atoms with van der Waals surface area (Å²) in [7, 11) is 2.51. The summed E-state index contributed by atoms with van der Waals surface area (Å²) < 4.78 is 12.0. The van der Waals surface area contributed by atoms with E-state index in [1.54, 1.807) is 18.2 Å². The molecule has 0 fully saturated rings. The molecule has 24 heavy (non-hydrogen) atoms. The van der Waals surface area contributed by atoms with E-state index >= 15 is 0 Å². The number of nitrogens with zero attached hydrogens (tertiary/aromatic N) is 2. The first-order valence-corrected chi connectivity index (χ1v) is 7.01. The molecule has 8 nitrogen and oxygen atoms in total. The third-order valence-electron chi connectivity index (χ3n) is 3.70. The molecule has 0 aliphatic carbocycles. The molecule has 0 saturated heterocycles. The van der Waals surface area contributed by atoms with Crippen LogP contribution in [0.15, 0.2) is 33.9 Å². The molecule has 2 aromatic rings. The number of ether oxygens (including phenoxy) is 2. The molecule has 0 bridgehead atoms. The molecule has 0 atom stereocenters. The highest BCUT2D eigenvalue weighted by molar-refractivity contribution is 6.08. The Morgan fingerprint density at radius 1 is 1.17 bits per heavy atom. The van der Waals surface area contributed by atoms with Crippen molar-refractivity contribution in [3.05, 3.63) is 56.2 Å². The maximum absolute atomic E-state index is 12.3. The van der Waals surface area contributed by atoms with E-state index in [0.717, 1.165) is 15.2 Å². The number of benzene rings is 1. The Bertz CT molecular complexity index is 983. The van der Waals surface area contributed by atoms with Gasteiger partial charge in [-0.1, -0.05) is 12.1 Å². The Morgan fingerprint density at radius 2 is 1.88 bits per heavy atom. The van der Waals surface area contributed by atoms with E-state index < -0.39 is 28.5 Å². The van der Waals surface area contributed by atoms with E-state index in [9.17, 15) is 19.5 Å². The number of aromatic nitrogens is 2. The maximum Gasteiger partial charge on any atom is 0.333 e. The van der Waals surface area contributed by atoms with Gasteiger partial charge in [-0.15, -0.1) is 0 Å². The fourth-order valence-corrected chi connectivity index (χ4v) is 2.32. The number of hydrogen-bond donors (Lipinski definition) is 1. The van der Waals surface area contributed by atoms with Crippen molar-refractivity contribution in [2.75, 3.05) is 6.79 Å². The number of carbonyl (C=O) groups is 1. The number of hydrogen-bond acceptors (Lipinski definition) is 6. The number of ketones is 1. The van der Waals surface area contributed by atoms with Gasteiger partial charge in [-0.2, -0.15) is 0 Å². The predicted octanol–water partition coefficient (Wildman–Crippen LogP) is 0.414. The highest BCUT2D eigenvalue weighted by atomic mass is 16.7. The largest absolute Gasteiger partial charge is 0.494 e. The number of rotatable bonds is 3. The molecule has 1 aromatic carbocycles. The normalized spacial score (nSPS) is 12.8. The quantitative estimate of drug-likeness (QED) is 0.646. The highest BCUT2D eigenvalue weighted by Gasteiger charge is 2.20. The van der Waals surface area contributed by atoms with E-state index in [2.05, 4.69) is 0 Å². The highest BCUT2D eigenvalue weighted by Crippen LogP contribution is 2.32. The van der Waals surface area contributed by atoms with Gasteiger partial charge < -0.3 is 14.6 Å². The maximum atomic E-state index is 12.3. The minimum atomic E-state index is -0.851. The van der Waals surface area contributed by atoms with Crippen LogP contribution in [0.2, 0.25) is 0 Å². The zero-order chi connectivity index (χ0) is 17.4. The second-order valence-electron chi connectivity index (χ2n) is 5.21. The smallest absolute Gasteiger partial charge is 0.333 e. The van der Waals surface area contributed by atoms with Gasteiger partial charge in [-0.05, 0) is 23.8 Å². The second kappa shape index (κ2) is 5.73. The Labute approximate surface area is 135 Å². The van der Waals surface area contributed by atoms with Crippen LogP contribution in [0.25, 0.3) is 6.08 Å². The van der Waals surface area contributed by atoms with Gasteiger partial charge in [0.1, 0.15) is 5.56 Å². The van der Waals surface area contributed by atoms with Crippen LogP contribution in [0.3, 0.4) is 0 Å². The summed E-state index contributed by atoms with van der Waals surface area (Å²) in [5, 5.41) is 9.94. The first kappa shape index (κ1) is 15.6. The van der Waals surface area contributed by atoms with Crippen molar-refractivity contribution in [1.29, 1.82) is 0 Å². The van der Waals surface area contributed by atoms with E-state index in [1.807, 2.05) is 0 Å². The number of carbonyl (C=O) groups excluding carboxylic acids is 1. The minimum Gasteiger partial charge on any atom is -0.494 e. The van der Waals surface area contributed by atoms with Crippen LogP contribution >= 0.6 is 0 Å². The zero-order valence-electron chi connectivity index (χ0n) is 13.0. The average Bonchev–Trinajstić information content (AvgIpc) is 3.04. The average molecular weight is 330 g/mol. The lowest BCUT2D eigenvalue weighted by Gasteiger charge is -2.07. The lowest BCUT2D eigenvalue weighted by atomic mass is 10.1. The van der Waals surface area contributed by atoms with Gasteiger partial charge >= 0.3 is 5.69 Å². The van der Waals surface area contributed by atoms with Crippen LogP contribution in [0.1, 0.15) is 15.9 Å². The van der Waals surface area contributed by atoms with Crippen molar-refractivity contribution >= 4 is 11.9 Å². The molecule has 0 spiro atoms. The first-order valence-electron chi connectivity index (χ1n) is 7.01. The summed E-state index contributed by atoms with van der Waals surface area (Å²) in [6.45, 7) is 0.142. The Hall–Kier alpha value is -3.29. The van der Waals surface area contributed by atoms with Crippen molar-refractivity contribution in [2.24, 2.45) is 14.1 Å². The van der Waals surface area contributed by atoms with Crippen LogP contribution in [0.4, 0.5) is 0 Å². The lowest BCUT2D eigenvalue weighted by Crippen LogP contribution is -2.39. The van der Waals surface area contributed by atoms with Gasteiger partial charge in [-0.3, -0.25) is 18.7 Å². The van der Waals surface area contributed by atoms with E-state index in [0.29, 0.717) is 17.1 Å². The molecule has 0 amide bonds. The van der Waals surface area contributed by atoms with Crippen molar-refractivity contribution in [1.82, 2.24) is 9.13 Å². The first-order chi connectivity index (χ1) is 11.4. The van der Waals surface area contributed by atoms with Crippen LogP contribution in [0, 0.1) is 0 Å². The van der Waals surface area contributed by atoms with Crippen molar-refractivity contribution < 1.29 is 19.4 Å². The molecule has 1 aromatic heterocycles. The summed E-state index contributed by atoms with van der Waals surface area (Å²) in [4.78, 5) is 36.0. The molecular formula is C16H14N2O6. The van der Waals surface area contributed by atoms with E-state index in [4.69, 9.17) is 9.47 Å².